The number of pyridine rings is 1. The van der Waals surface area contributed by atoms with Crippen molar-refractivity contribution in [2.24, 2.45) is 5.92 Å². The Morgan fingerprint density at radius 2 is 2.29 bits per heavy atom. The first kappa shape index (κ1) is 15.1. The van der Waals surface area contributed by atoms with E-state index in [0.29, 0.717) is 13.0 Å². The van der Waals surface area contributed by atoms with Crippen LogP contribution in [0.2, 0.25) is 0 Å². The van der Waals surface area contributed by atoms with Crippen molar-refractivity contribution in [2.45, 2.75) is 32.7 Å². The molecule has 2 rings (SSSR count). The lowest BCUT2D eigenvalue weighted by atomic mass is 9.98. The third-order valence-corrected chi connectivity index (χ3v) is 3.51. The molecule has 2 aromatic heterocycles. The summed E-state index contributed by atoms with van der Waals surface area (Å²) in [6.45, 7) is 4.61. The minimum Gasteiger partial charge on any atom is -0.354 e. The summed E-state index contributed by atoms with van der Waals surface area (Å²) in [6.07, 6.45) is 4.81. The van der Waals surface area contributed by atoms with Crippen LogP contribution in [0.3, 0.4) is 0 Å². The summed E-state index contributed by atoms with van der Waals surface area (Å²) in [4.78, 5) is 16.6. The minimum atomic E-state index is -0.381. The van der Waals surface area contributed by atoms with Crippen molar-refractivity contribution in [3.05, 3.63) is 36.4 Å². The van der Waals surface area contributed by atoms with E-state index in [-0.39, 0.29) is 17.9 Å². The van der Waals surface area contributed by atoms with Gasteiger partial charge in [0, 0.05) is 24.9 Å². The fourth-order valence-corrected chi connectivity index (χ4v) is 2.12. The number of hydrogen-bond acceptors (Lipinski definition) is 5. The van der Waals surface area contributed by atoms with E-state index in [1.165, 1.54) is 11.0 Å². The number of nitrogens with one attached hydrogen (secondary N) is 1. The fourth-order valence-electron chi connectivity index (χ4n) is 2.12. The summed E-state index contributed by atoms with van der Waals surface area (Å²) in [6, 6.07) is 5.37. The Labute approximate surface area is 123 Å². The van der Waals surface area contributed by atoms with E-state index in [0.717, 1.165) is 12.1 Å². The molecule has 1 amide bonds. The number of amides is 1. The Morgan fingerprint density at radius 1 is 1.43 bits per heavy atom. The Balaban J connectivity index is 1.93. The zero-order valence-electron chi connectivity index (χ0n) is 12.3. The lowest BCUT2D eigenvalue weighted by molar-refractivity contribution is -0.126. The molecule has 7 heteroatoms. The third-order valence-electron chi connectivity index (χ3n) is 3.51. The second-order valence-corrected chi connectivity index (χ2v) is 4.98. The summed E-state index contributed by atoms with van der Waals surface area (Å²) < 4.78 is 1.52. The van der Waals surface area contributed by atoms with Gasteiger partial charge in [-0.2, -0.15) is 0 Å². The van der Waals surface area contributed by atoms with Crippen LogP contribution in [0.25, 0.3) is 0 Å². The molecule has 0 saturated heterocycles. The van der Waals surface area contributed by atoms with E-state index in [1.807, 2.05) is 32.0 Å². The highest BCUT2D eigenvalue weighted by Gasteiger charge is 2.26. The summed E-state index contributed by atoms with van der Waals surface area (Å²) >= 11 is 0. The van der Waals surface area contributed by atoms with Gasteiger partial charge in [-0.1, -0.05) is 26.3 Å². The maximum absolute atomic E-state index is 12.4. The van der Waals surface area contributed by atoms with Crippen LogP contribution in [0.4, 0.5) is 0 Å². The molecule has 112 valence electrons. The van der Waals surface area contributed by atoms with Crippen molar-refractivity contribution < 1.29 is 4.79 Å². The molecule has 0 saturated carbocycles. The molecule has 0 unspecified atom stereocenters. The summed E-state index contributed by atoms with van der Waals surface area (Å²) in [5.74, 6) is 0.0935. The molecule has 1 N–H and O–H groups in total. The second-order valence-electron chi connectivity index (χ2n) is 4.98. The monoisotopic (exact) mass is 288 g/mol. The van der Waals surface area contributed by atoms with Gasteiger partial charge in [0.05, 0.1) is 0 Å². The predicted molar refractivity (Wildman–Crippen MR) is 77.3 cm³/mol. The highest BCUT2D eigenvalue weighted by atomic mass is 16.2. The number of rotatable bonds is 7. The molecule has 2 atom stereocenters. The van der Waals surface area contributed by atoms with Crippen molar-refractivity contribution in [1.29, 1.82) is 0 Å². The predicted octanol–water partition coefficient (Wildman–Crippen LogP) is 1.01. The zero-order chi connectivity index (χ0) is 15.1. The van der Waals surface area contributed by atoms with E-state index >= 15 is 0 Å². The molecule has 0 aliphatic rings. The zero-order valence-corrected chi connectivity index (χ0v) is 12.3. The quantitative estimate of drug-likeness (QED) is 0.822. The van der Waals surface area contributed by atoms with E-state index in [4.69, 9.17) is 0 Å². The van der Waals surface area contributed by atoms with Crippen molar-refractivity contribution in [3.8, 4) is 0 Å². The molecular weight excluding hydrogens is 268 g/mol. The van der Waals surface area contributed by atoms with Crippen molar-refractivity contribution in [3.63, 3.8) is 0 Å². The summed E-state index contributed by atoms with van der Waals surface area (Å²) in [5.41, 5.74) is 0.959. The van der Waals surface area contributed by atoms with Crippen molar-refractivity contribution in [1.82, 2.24) is 30.5 Å². The first-order valence-electron chi connectivity index (χ1n) is 7.12. The van der Waals surface area contributed by atoms with Crippen LogP contribution in [-0.4, -0.2) is 37.6 Å². The Bertz CT molecular complexity index is 542. The molecule has 2 heterocycles. The molecule has 0 aromatic carbocycles. The van der Waals surface area contributed by atoms with Gasteiger partial charge in [0.2, 0.25) is 5.91 Å². The van der Waals surface area contributed by atoms with Gasteiger partial charge in [0.15, 0.2) is 0 Å². The van der Waals surface area contributed by atoms with Gasteiger partial charge < -0.3 is 5.32 Å². The number of hydrogen-bond donors (Lipinski definition) is 1. The average Bonchev–Trinajstić information content (AvgIpc) is 3.02. The molecule has 0 bridgehead atoms. The van der Waals surface area contributed by atoms with Gasteiger partial charge in [0.1, 0.15) is 12.4 Å². The van der Waals surface area contributed by atoms with Crippen molar-refractivity contribution in [2.75, 3.05) is 6.54 Å². The minimum absolute atomic E-state index is 0.0624. The lowest BCUT2D eigenvalue weighted by Crippen LogP contribution is -2.37. The Morgan fingerprint density at radius 3 is 2.90 bits per heavy atom. The summed E-state index contributed by atoms with van der Waals surface area (Å²) in [5, 5.41) is 14.0. The van der Waals surface area contributed by atoms with Crippen LogP contribution in [0.5, 0.6) is 0 Å². The Hall–Kier alpha value is -2.31. The van der Waals surface area contributed by atoms with Gasteiger partial charge in [-0.15, -0.1) is 5.10 Å². The second kappa shape index (κ2) is 7.47. The van der Waals surface area contributed by atoms with E-state index in [2.05, 4.69) is 25.8 Å². The van der Waals surface area contributed by atoms with Gasteiger partial charge >= 0.3 is 0 Å². The van der Waals surface area contributed by atoms with E-state index < -0.39 is 0 Å². The molecule has 7 nitrogen and oxygen atoms in total. The van der Waals surface area contributed by atoms with Gasteiger partial charge in [-0.05, 0) is 28.5 Å². The van der Waals surface area contributed by atoms with Crippen LogP contribution in [0.15, 0.2) is 30.7 Å². The van der Waals surface area contributed by atoms with Crippen LogP contribution in [0.1, 0.15) is 32.0 Å². The smallest absolute Gasteiger partial charge is 0.245 e. The van der Waals surface area contributed by atoms with Gasteiger partial charge in [0.25, 0.3) is 0 Å². The average molecular weight is 288 g/mol. The molecule has 0 aliphatic carbocycles. The highest BCUT2D eigenvalue weighted by Crippen LogP contribution is 2.19. The van der Waals surface area contributed by atoms with E-state index in [9.17, 15) is 4.79 Å². The number of carbonyl (C=O) groups excluding carboxylic acids is 1. The number of carbonyl (C=O) groups is 1. The van der Waals surface area contributed by atoms with Crippen molar-refractivity contribution >= 4 is 5.91 Å². The topological polar surface area (TPSA) is 85.6 Å². The van der Waals surface area contributed by atoms with Gasteiger partial charge in [-0.3, -0.25) is 9.78 Å². The standard InChI is InChI=1S/C14H20N6O/c1-3-11(2)13(20-10-17-18-19-20)14(21)16-9-7-12-6-4-5-8-15-12/h4-6,8,10-11,13H,3,7,9H2,1-2H3,(H,16,21)/t11-,13-/m0/s1. The largest absolute Gasteiger partial charge is 0.354 e. The molecule has 0 fully saturated rings. The molecule has 0 aliphatic heterocycles. The van der Waals surface area contributed by atoms with Crippen LogP contribution >= 0.6 is 0 Å². The maximum atomic E-state index is 12.4. The van der Waals surface area contributed by atoms with Crippen LogP contribution in [-0.2, 0) is 11.2 Å². The van der Waals surface area contributed by atoms with Gasteiger partial charge in [-0.25, -0.2) is 4.68 Å². The molecule has 0 spiro atoms. The molecule has 0 radical (unpaired) electrons. The SMILES string of the molecule is CC[C@H](C)[C@@H](C(=O)NCCc1ccccn1)n1cnnn1. The molecule has 2 aromatic rings. The fraction of sp³-hybridized carbons (Fsp3) is 0.500. The lowest BCUT2D eigenvalue weighted by Gasteiger charge is -2.21. The number of tetrazole rings is 1. The normalized spacial score (nSPS) is 13.6. The maximum Gasteiger partial charge on any atom is 0.245 e. The molecule has 21 heavy (non-hydrogen) atoms. The number of nitrogens with zero attached hydrogens (tertiary/aromatic N) is 5. The molecular formula is C14H20N6O. The van der Waals surface area contributed by atoms with E-state index in [1.54, 1.807) is 6.20 Å². The first-order chi connectivity index (χ1) is 10.2. The first-order valence-corrected chi connectivity index (χ1v) is 7.12. The summed E-state index contributed by atoms with van der Waals surface area (Å²) in [7, 11) is 0. The highest BCUT2D eigenvalue weighted by molar-refractivity contribution is 5.80. The number of aromatic nitrogens is 5. The van der Waals surface area contributed by atoms with Crippen LogP contribution in [0, 0.1) is 5.92 Å². The third kappa shape index (κ3) is 4.08. The van der Waals surface area contributed by atoms with Crippen LogP contribution < -0.4 is 5.32 Å². The Kier molecular flexibility index (Phi) is 5.36.